The second-order valence-corrected chi connectivity index (χ2v) is 4.37. The number of aliphatic carboxylic acids is 1. The quantitative estimate of drug-likeness (QED) is 0.713. The van der Waals surface area contributed by atoms with Crippen molar-refractivity contribution < 1.29 is 19.4 Å². The molecule has 0 saturated carbocycles. The number of allylic oxidation sites excluding steroid dienone is 1. The van der Waals surface area contributed by atoms with E-state index in [1.807, 2.05) is 6.92 Å². The van der Waals surface area contributed by atoms with E-state index >= 15 is 0 Å². The summed E-state index contributed by atoms with van der Waals surface area (Å²) >= 11 is 0. The molecule has 0 unspecified atom stereocenters. The molecule has 0 amide bonds. The number of ether oxygens (including phenoxy) is 2. The highest BCUT2D eigenvalue weighted by molar-refractivity contribution is 5.76. The molecule has 0 aromatic heterocycles. The Balaban J connectivity index is 3.29. The molecule has 0 fully saturated rings. The van der Waals surface area contributed by atoms with Crippen LogP contribution >= 0.6 is 0 Å². The number of methoxy groups -OCH3 is 1. The van der Waals surface area contributed by atoms with Crippen LogP contribution in [-0.4, -0.2) is 24.8 Å². The number of nitrogens with two attached hydrogens (primary N) is 1. The first-order chi connectivity index (χ1) is 9.54. The minimum atomic E-state index is -1.09. The Labute approximate surface area is 119 Å². The van der Waals surface area contributed by atoms with Gasteiger partial charge in [0.1, 0.15) is 6.04 Å². The number of rotatable bonds is 8. The highest BCUT2D eigenvalue weighted by Crippen LogP contribution is 2.35. The number of benzene rings is 1. The van der Waals surface area contributed by atoms with Crippen LogP contribution in [0.25, 0.3) is 0 Å². The standard InChI is InChI=1S/C15H21NO4/c1-4-6-10-8-11(13(16)15(17)18)9-12(19-3)14(10)20-7-5-2/h4,8-9,13H,1,5-7,16H2,2-3H3,(H,17,18)/t13-/m0/s1. The lowest BCUT2D eigenvalue weighted by Crippen LogP contribution is -2.21. The second-order valence-electron chi connectivity index (χ2n) is 4.37. The van der Waals surface area contributed by atoms with E-state index < -0.39 is 12.0 Å². The van der Waals surface area contributed by atoms with Crippen LogP contribution in [0, 0.1) is 0 Å². The fraction of sp³-hybridized carbons (Fsp3) is 0.400. The molecule has 1 atom stereocenters. The van der Waals surface area contributed by atoms with Crippen molar-refractivity contribution in [1.29, 1.82) is 0 Å². The van der Waals surface area contributed by atoms with E-state index in [4.69, 9.17) is 20.3 Å². The Hall–Kier alpha value is -2.01. The molecule has 0 radical (unpaired) electrons. The van der Waals surface area contributed by atoms with E-state index in [-0.39, 0.29) is 0 Å². The first-order valence-electron chi connectivity index (χ1n) is 6.48. The van der Waals surface area contributed by atoms with Gasteiger partial charge in [-0.15, -0.1) is 6.58 Å². The molecule has 1 aromatic carbocycles. The molecule has 0 aliphatic carbocycles. The summed E-state index contributed by atoms with van der Waals surface area (Å²) in [6, 6.07) is 2.25. The minimum absolute atomic E-state index is 0.482. The van der Waals surface area contributed by atoms with Crippen LogP contribution in [0.3, 0.4) is 0 Å². The van der Waals surface area contributed by atoms with E-state index in [2.05, 4.69) is 6.58 Å². The molecule has 0 aliphatic heterocycles. The third-order valence-corrected chi connectivity index (χ3v) is 2.81. The van der Waals surface area contributed by atoms with Crippen molar-refractivity contribution in [2.75, 3.05) is 13.7 Å². The third-order valence-electron chi connectivity index (χ3n) is 2.81. The monoisotopic (exact) mass is 279 g/mol. The van der Waals surface area contributed by atoms with E-state index in [9.17, 15) is 4.79 Å². The zero-order valence-corrected chi connectivity index (χ0v) is 11.9. The SMILES string of the molecule is C=CCc1cc([C@H](N)C(=O)O)cc(OC)c1OCCC. The van der Waals surface area contributed by atoms with E-state index in [0.717, 1.165) is 12.0 Å². The molecule has 1 rings (SSSR count). The molecule has 0 bridgehead atoms. The van der Waals surface area contributed by atoms with Crippen molar-refractivity contribution in [3.63, 3.8) is 0 Å². The van der Waals surface area contributed by atoms with Gasteiger partial charge in [-0.3, -0.25) is 4.79 Å². The maximum Gasteiger partial charge on any atom is 0.325 e. The molecule has 0 aliphatic rings. The summed E-state index contributed by atoms with van der Waals surface area (Å²) in [6.07, 6.45) is 3.15. The summed E-state index contributed by atoms with van der Waals surface area (Å²) < 4.78 is 11.0. The van der Waals surface area contributed by atoms with Crippen molar-refractivity contribution in [1.82, 2.24) is 0 Å². The van der Waals surface area contributed by atoms with Gasteiger partial charge in [0.15, 0.2) is 11.5 Å². The average molecular weight is 279 g/mol. The van der Waals surface area contributed by atoms with Gasteiger partial charge in [-0.05, 0) is 30.5 Å². The molecule has 0 spiro atoms. The lowest BCUT2D eigenvalue weighted by Gasteiger charge is -2.17. The molecular weight excluding hydrogens is 258 g/mol. The Morgan fingerprint density at radius 2 is 2.25 bits per heavy atom. The van der Waals surface area contributed by atoms with Gasteiger partial charge in [-0.1, -0.05) is 13.0 Å². The Morgan fingerprint density at radius 3 is 2.75 bits per heavy atom. The van der Waals surface area contributed by atoms with Gasteiger partial charge in [0.05, 0.1) is 13.7 Å². The van der Waals surface area contributed by atoms with Gasteiger partial charge in [0.2, 0.25) is 0 Å². The summed E-state index contributed by atoms with van der Waals surface area (Å²) in [5.41, 5.74) is 6.96. The molecular formula is C15H21NO4. The molecule has 3 N–H and O–H groups in total. The van der Waals surface area contributed by atoms with Crippen molar-refractivity contribution in [2.24, 2.45) is 5.73 Å². The predicted octanol–water partition coefficient (Wildman–Crippen LogP) is 2.30. The van der Waals surface area contributed by atoms with Gasteiger partial charge in [0.25, 0.3) is 0 Å². The van der Waals surface area contributed by atoms with E-state index in [0.29, 0.717) is 30.1 Å². The molecule has 1 aromatic rings. The number of hydrogen-bond acceptors (Lipinski definition) is 4. The second kappa shape index (κ2) is 7.55. The Kier molecular flexibility index (Phi) is 6.06. The number of carboxylic acids is 1. The van der Waals surface area contributed by atoms with Crippen LogP contribution in [0.2, 0.25) is 0 Å². The van der Waals surface area contributed by atoms with Crippen LogP contribution in [0.1, 0.15) is 30.5 Å². The van der Waals surface area contributed by atoms with E-state index in [1.165, 1.54) is 7.11 Å². The maximum absolute atomic E-state index is 11.0. The normalized spacial score (nSPS) is 11.8. The molecule has 5 heteroatoms. The summed E-state index contributed by atoms with van der Waals surface area (Å²) in [6.45, 7) is 6.27. The van der Waals surface area contributed by atoms with Gasteiger partial charge in [-0.25, -0.2) is 0 Å². The number of carboxylic acid groups (broad SMARTS) is 1. The van der Waals surface area contributed by atoms with Crippen LogP contribution < -0.4 is 15.2 Å². The summed E-state index contributed by atoms with van der Waals surface area (Å²) in [7, 11) is 1.52. The molecule has 20 heavy (non-hydrogen) atoms. The molecule has 0 saturated heterocycles. The van der Waals surface area contributed by atoms with Crippen molar-refractivity contribution in [3.8, 4) is 11.5 Å². The highest BCUT2D eigenvalue weighted by Gasteiger charge is 2.19. The summed E-state index contributed by atoms with van der Waals surface area (Å²) in [5, 5.41) is 9.01. The fourth-order valence-corrected chi connectivity index (χ4v) is 1.83. The van der Waals surface area contributed by atoms with Gasteiger partial charge in [0, 0.05) is 5.56 Å². The Morgan fingerprint density at radius 1 is 1.55 bits per heavy atom. The fourth-order valence-electron chi connectivity index (χ4n) is 1.83. The van der Waals surface area contributed by atoms with Crippen LogP contribution in [0.4, 0.5) is 0 Å². The van der Waals surface area contributed by atoms with Crippen LogP contribution in [0.5, 0.6) is 11.5 Å². The van der Waals surface area contributed by atoms with Gasteiger partial charge >= 0.3 is 5.97 Å². The Bertz CT molecular complexity index is 485. The summed E-state index contributed by atoms with van der Waals surface area (Å²) in [4.78, 5) is 11.0. The maximum atomic E-state index is 11.0. The average Bonchev–Trinajstić information content (AvgIpc) is 2.44. The zero-order chi connectivity index (χ0) is 15.1. The lowest BCUT2D eigenvalue weighted by molar-refractivity contribution is -0.138. The first kappa shape index (κ1) is 16.0. The molecule has 5 nitrogen and oxygen atoms in total. The largest absolute Gasteiger partial charge is 0.493 e. The van der Waals surface area contributed by atoms with Crippen LogP contribution in [-0.2, 0) is 11.2 Å². The topological polar surface area (TPSA) is 81.8 Å². The predicted molar refractivity (Wildman–Crippen MR) is 77.2 cm³/mol. The van der Waals surface area contributed by atoms with Crippen LogP contribution in [0.15, 0.2) is 24.8 Å². The first-order valence-corrected chi connectivity index (χ1v) is 6.48. The smallest absolute Gasteiger partial charge is 0.325 e. The summed E-state index contributed by atoms with van der Waals surface area (Å²) in [5.74, 6) is 0.0268. The number of carbonyl (C=O) groups is 1. The van der Waals surface area contributed by atoms with Gasteiger partial charge < -0.3 is 20.3 Å². The van der Waals surface area contributed by atoms with E-state index in [1.54, 1.807) is 18.2 Å². The third kappa shape index (κ3) is 3.74. The molecule has 110 valence electrons. The lowest BCUT2D eigenvalue weighted by atomic mass is 10.0. The minimum Gasteiger partial charge on any atom is -0.493 e. The van der Waals surface area contributed by atoms with Gasteiger partial charge in [-0.2, -0.15) is 0 Å². The van der Waals surface area contributed by atoms with Crippen molar-refractivity contribution in [3.05, 3.63) is 35.9 Å². The number of hydrogen-bond donors (Lipinski definition) is 2. The van der Waals surface area contributed by atoms with Crippen molar-refractivity contribution in [2.45, 2.75) is 25.8 Å². The zero-order valence-electron chi connectivity index (χ0n) is 11.9. The molecule has 0 heterocycles. The van der Waals surface area contributed by atoms with Crippen molar-refractivity contribution >= 4 is 5.97 Å². The highest BCUT2D eigenvalue weighted by atomic mass is 16.5.